The van der Waals surface area contributed by atoms with E-state index in [0.717, 1.165) is 37.4 Å². The van der Waals surface area contributed by atoms with E-state index in [1.165, 1.54) is 5.56 Å². The fraction of sp³-hybridized carbons (Fsp3) is 0.208. The van der Waals surface area contributed by atoms with Crippen molar-refractivity contribution >= 4 is 17.3 Å². The molecule has 0 amide bonds. The number of nitrogens with zero attached hydrogens (tertiary/aromatic N) is 3. The summed E-state index contributed by atoms with van der Waals surface area (Å²) in [5.41, 5.74) is 4.01. The van der Waals surface area contributed by atoms with Gasteiger partial charge in [-0.15, -0.1) is 0 Å². The molecular weight excluding hydrogens is 382 g/mol. The first-order valence-corrected chi connectivity index (χ1v) is 10.0. The van der Waals surface area contributed by atoms with Crippen LogP contribution in [-0.4, -0.2) is 29.6 Å². The molecule has 3 aromatic carbocycles. The highest BCUT2D eigenvalue weighted by molar-refractivity contribution is 6.33. The monoisotopic (exact) mass is 403 g/mol. The number of anilines is 1. The maximum absolute atomic E-state index is 9.74. The van der Waals surface area contributed by atoms with Crippen molar-refractivity contribution in [2.24, 2.45) is 0 Å². The predicted molar refractivity (Wildman–Crippen MR) is 116 cm³/mol. The molecule has 1 fully saturated rings. The van der Waals surface area contributed by atoms with E-state index < -0.39 is 0 Å². The summed E-state index contributed by atoms with van der Waals surface area (Å²) in [7, 11) is 0. The molecule has 0 saturated carbocycles. The largest absolute Gasteiger partial charge is 0.508 e. The van der Waals surface area contributed by atoms with E-state index in [4.69, 9.17) is 16.9 Å². The van der Waals surface area contributed by atoms with Crippen LogP contribution in [0, 0.1) is 11.3 Å². The van der Waals surface area contributed by atoms with Gasteiger partial charge >= 0.3 is 0 Å². The Morgan fingerprint density at radius 2 is 1.76 bits per heavy atom. The van der Waals surface area contributed by atoms with Gasteiger partial charge in [-0.05, 0) is 35.4 Å². The van der Waals surface area contributed by atoms with Gasteiger partial charge in [-0.25, -0.2) is 0 Å². The summed E-state index contributed by atoms with van der Waals surface area (Å²) in [6.07, 6.45) is 0. The zero-order valence-electron chi connectivity index (χ0n) is 16.0. The third-order valence-electron chi connectivity index (χ3n) is 5.38. The lowest BCUT2D eigenvalue weighted by molar-refractivity contribution is 0.215. The Morgan fingerprint density at radius 3 is 2.45 bits per heavy atom. The van der Waals surface area contributed by atoms with Crippen LogP contribution in [0.4, 0.5) is 5.69 Å². The first-order chi connectivity index (χ1) is 14.1. The molecule has 29 heavy (non-hydrogen) atoms. The Bertz CT molecular complexity index is 1010. The number of hydrogen-bond acceptors (Lipinski definition) is 4. The average Bonchev–Trinajstić information content (AvgIpc) is 2.75. The topological polar surface area (TPSA) is 50.5 Å². The molecule has 3 aromatic rings. The Labute approximate surface area is 176 Å². The number of nitriles is 1. The van der Waals surface area contributed by atoms with Crippen LogP contribution < -0.4 is 4.90 Å². The van der Waals surface area contributed by atoms with Crippen LogP contribution in [0.5, 0.6) is 5.75 Å². The van der Waals surface area contributed by atoms with E-state index in [-0.39, 0.29) is 11.8 Å². The number of halogens is 1. The second-order valence-electron chi connectivity index (χ2n) is 7.30. The highest BCUT2D eigenvalue weighted by atomic mass is 35.5. The van der Waals surface area contributed by atoms with Gasteiger partial charge in [0.1, 0.15) is 5.75 Å². The van der Waals surface area contributed by atoms with Crippen LogP contribution >= 0.6 is 11.6 Å². The van der Waals surface area contributed by atoms with E-state index in [1.807, 2.05) is 36.4 Å². The van der Waals surface area contributed by atoms with E-state index in [0.29, 0.717) is 10.6 Å². The first kappa shape index (κ1) is 19.3. The molecule has 146 valence electrons. The Hall–Kier alpha value is -3.00. The van der Waals surface area contributed by atoms with Gasteiger partial charge in [-0.2, -0.15) is 5.26 Å². The maximum Gasteiger partial charge on any atom is 0.117 e. The number of phenols is 1. The molecule has 1 N–H and O–H groups in total. The minimum absolute atomic E-state index is 0.0993. The molecule has 1 aliphatic heterocycles. The smallest absolute Gasteiger partial charge is 0.117 e. The first-order valence-electron chi connectivity index (χ1n) is 9.65. The minimum Gasteiger partial charge on any atom is -0.508 e. The third kappa shape index (κ3) is 4.37. The number of aromatic hydroxyl groups is 1. The van der Waals surface area contributed by atoms with Crippen molar-refractivity contribution in [3.8, 4) is 11.8 Å². The van der Waals surface area contributed by atoms with Crippen LogP contribution in [0.2, 0.25) is 5.02 Å². The molecular formula is C24H22ClN3O. The molecule has 4 nitrogen and oxygen atoms in total. The van der Waals surface area contributed by atoms with Crippen LogP contribution in [0.15, 0.2) is 72.8 Å². The molecule has 4 rings (SSSR count). The lowest BCUT2D eigenvalue weighted by atomic mass is 9.99. The van der Waals surface area contributed by atoms with E-state index in [2.05, 4.69) is 40.1 Å². The second kappa shape index (κ2) is 8.57. The highest BCUT2D eigenvalue weighted by Crippen LogP contribution is 2.37. The fourth-order valence-corrected chi connectivity index (χ4v) is 4.19. The number of benzene rings is 3. The molecule has 5 heteroatoms. The molecule has 0 unspecified atom stereocenters. The molecule has 0 aromatic heterocycles. The zero-order valence-corrected chi connectivity index (χ0v) is 16.8. The third-order valence-corrected chi connectivity index (χ3v) is 5.68. The summed E-state index contributed by atoms with van der Waals surface area (Å²) in [4.78, 5) is 4.74. The van der Waals surface area contributed by atoms with Gasteiger partial charge < -0.3 is 10.0 Å². The lowest BCUT2D eigenvalue weighted by Gasteiger charge is -2.43. The SMILES string of the molecule is N#Cc1ccc([C@@H]2CN(Cc3ccccc3)CCN2c2ccc(O)cc2Cl)cc1. The van der Waals surface area contributed by atoms with Gasteiger partial charge in [0, 0.05) is 32.2 Å². The van der Waals surface area contributed by atoms with Crippen molar-refractivity contribution < 1.29 is 5.11 Å². The number of piperazine rings is 1. The molecule has 1 aliphatic rings. The fourth-order valence-electron chi connectivity index (χ4n) is 3.91. The molecule has 0 aliphatic carbocycles. The van der Waals surface area contributed by atoms with Crippen LogP contribution in [0.1, 0.15) is 22.7 Å². The number of phenolic OH excluding ortho intramolecular Hbond substituents is 1. The summed E-state index contributed by atoms with van der Waals surface area (Å²) in [6, 6.07) is 25.7. The van der Waals surface area contributed by atoms with Gasteiger partial charge in [-0.3, -0.25) is 4.90 Å². The normalized spacial score (nSPS) is 17.1. The summed E-state index contributed by atoms with van der Waals surface area (Å²) in [6.45, 7) is 3.48. The summed E-state index contributed by atoms with van der Waals surface area (Å²) in [5.74, 6) is 0.163. The number of hydrogen-bond donors (Lipinski definition) is 1. The van der Waals surface area contributed by atoms with Crippen molar-refractivity contribution in [3.63, 3.8) is 0 Å². The quantitative estimate of drug-likeness (QED) is 0.667. The van der Waals surface area contributed by atoms with Gasteiger partial charge in [0.05, 0.1) is 28.4 Å². The Balaban J connectivity index is 1.64. The predicted octanol–water partition coefficient (Wildman–Crippen LogP) is 4.98. The van der Waals surface area contributed by atoms with Gasteiger partial charge in [0.2, 0.25) is 0 Å². The van der Waals surface area contributed by atoms with Gasteiger partial charge in [0.25, 0.3) is 0 Å². The zero-order chi connectivity index (χ0) is 20.2. The molecule has 1 heterocycles. The molecule has 0 radical (unpaired) electrons. The standard InChI is InChI=1S/C24H22ClN3O/c25-22-14-21(29)10-11-23(22)28-13-12-27(16-19-4-2-1-3-5-19)17-24(28)20-8-6-18(15-26)7-9-20/h1-11,14,24,29H,12-13,16-17H2/t24-/m0/s1. The maximum atomic E-state index is 9.74. The van der Waals surface area contributed by atoms with Crippen LogP contribution in [0.25, 0.3) is 0 Å². The Kier molecular flexibility index (Phi) is 5.71. The lowest BCUT2D eigenvalue weighted by Crippen LogP contribution is -2.48. The highest BCUT2D eigenvalue weighted by Gasteiger charge is 2.29. The molecule has 1 atom stereocenters. The molecule has 0 spiro atoms. The molecule has 0 bridgehead atoms. The van der Waals surface area contributed by atoms with E-state index in [9.17, 15) is 5.11 Å². The van der Waals surface area contributed by atoms with Gasteiger partial charge in [0.15, 0.2) is 0 Å². The molecule has 1 saturated heterocycles. The van der Waals surface area contributed by atoms with Crippen molar-refractivity contribution in [3.05, 3.63) is 94.5 Å². The van der Waals surface area contributed by atoms with Crippen molar-refractivity contribution in [1.29, 1.82) is 5.26 Å². The van der Waals surface area contributed by atoms with Crippen LogP contribution in [-0.2, 0) is 6.54 Å². The van der Waals surface area contributed by atoms with E-state index in [1.54, 1.807) is 12.1 Å². The van der Waals surface area contributed by atoms with Crippen molar-refractivity contribution in [2.45, 2.75) is 12.6 Å². The second-order valence-corrected chi connectivity index (χ2v) is 7.71. The average molecular weight is 404 g/mol. The van der Waals surface area contributed by atoms with Gasteiger partial charge in [-0.1, -0.05) is 54.1 Å². The minimum atomic E-state index is 0.0993. The van der Waals surface area contributed by atoms with Crippen molar-refractivity contribution in [2.75, 3.05) is 24.5 Å². The van der Waals surface area contributed by atoms with E-state index >= 15 is 0 Å². The van der Waals surface area contributed by atoms with Crippen LogP contribution in [0.3, 0.4) is 0 Å². The summed E-state index contributed by atoms with van der Waals surface area (Å²) < 4.78 is 0. The Morgan fingerprint density at radius 1 is 1.00 bits per heavy atom. The number of rotatable bonds is 4. The van der Waals surface area contributed by atoms with Crippen molar-refractivity contribution in [1.82, 2.24) is 4.90 Å². The summed E-state index contributed by atoms with van der Waals surface area (Å²) >= 11 is 6.47. The summed E-state index contributed by atoms with van der Waals surface area (Å²) in [5, 5.41) is 19.4.